The summed E-state index contributed by atoms with van der Waals surface area (Å²) in [5.74, 6) is 1.39. The fraction of sp³-hybridized carbons (Fsp3) is 1.00. The lowest BCUT2D eigenvalue weighted by atomic mass is 9.69. The topological polar surface area (TPSA) is 23.5 Å². The van der Waals surface area contributed by atoms with Crippen molar-refractivity contribution in [2.24, 2.45) is 17.3 Å². The second-order valence-corrected chi connectivity index (χ2v) is 7.81. The number of rotatable bonds is 4. The third-order valence-electron chi connectivity index (χ3n) is 5.48. The van der Waals surface area contributed by atoms with Gasteiger partial charge in [-0.3, -0.25) is 0 Å². The van der Waals surface area contributed by atoms with Gasteiger partial charge in [0.2, 0.25) is 0 Å². The minimum absolute atomic E-state index is 0.116. The highest BCUT2D eigenvalue weighted by atomic mass is 16.3. The zero-order valence-corrected chi connectivity index (χ0v) is 13.2. The van der Waals surface area contributed by atoms with Crippen LogP contribution in [0.1, 0.15) is 65.2 Å². The average Bonchev–Trinajstić information content (AvgIpc) is 2.36. The van der Waals surface area contributed by atoms with E-state index in [-0.39, 0.29) is 11.5 Å². The van der Waals surface area contributed by atoms with Crippen LogP contribution in [0.5, 0.6) is 0 Å². The summed E-state index contributed by atoms with van der Waals surface area (Å²) >= 11 is 0. The van der Waals surface area contributed by atoms with Crippen LogP contribution in [0.15, 0.2) is 0 Å². The maximum Gasteiger partial charge on any atom is 0.0631 e. The molecule has 0 heterocycles. The molecule has 0 aromatic carbocycles. The quantitative estimate of drug-likeness (QED) is 0.840. The first-order chi connectivity index (χ1) is 8.99. The molecule has 0 aromatic heterocycles. The number of aliphatic hydroxyl groups is 1. The molecular formula is C17H33NO. The summed E-state index contributed by atoms with van der Waals surface area (Å²) in [5.41, 5.74) is 0.120. The van der Waals surface area contributed by atoms with Crippen LogP contribution in [0, 0.1) is 17.3 Å². The van der Waals surface area contributed by atoms with Crippen LogP contribution in [0.4, 0.5) is 0 Å². The Labute approximate surface area is 119 Å². The van der Waals surface area contributed by atoms with E-state index in [1.165, 1.54) is 57.9 Å². The van der Waals surface area contributed by atoms with Crippen LogP contribution in [0.3, 0.4) is 0 Å². The number of hydrogen-bond donors (Lipinski definition) is 1. The van der Waals surface area contributed by atoms with E-state index in [4.69, 9.17) is 0 Å². The van der Waals surface area contributed by atoms with E-state index in [0.29, 0.717) is 5.92 Å². The standard InChI is InChI=1S/C17H33NO/c1-17(2)11-7-10-15(16(17)19)13-18(3)12-14-8-5-4-6-9-14/h14-16,19H,4-13H2,1-3H3. The van der Waals surface area contributed by atoms with Crippen molar-refractivity contribution in [3.8, 4) is 0 Å². The Kier molecular flexibility index (Phi) is 5.30. The fourth-order valence-corrected chi connectivity index (χ4v) is 4.24. The molecule has 19 heavy (non-hydrogen) atoms. The first-order valence-electron chi connectivity index (χ1n) is 8.35. The molecular weight excluding hydrogens is 234 g/mol. The molecule has 112 valence electrons. The summed E-state index contributed by atoms with van der Waals surface area (Å²) < 4.78 is 0. The molecule has 2 nitrogen and oxygen atoms in total. The molecule has 2 heteroatoms. The van der Waals surface area contributed by atoms with E-state index < -0.39 is 0 Å². The Morgan fingerprint density at radius 3 is 2.37 bits per heavy atom. The fourth-order valence-electron chi connectivity index (χ4n) is 4.24. The Hall–Kier alpha value is -0.0800. The highest BCUT2D eigenvalue weighted by Gasteiger charge is 2.37. The zero-order chi connectivity index (χ0) is 13.9. The predicted molar refractivity (Wildman–Crippen MR) is 81.2 cm³/mol. The molecule has 2 atom stereocenters. The Morgan fingerprint density at radius 1 is 1.00 bits per heavy atom. The maximum absolute atomic E-state index is 10.5. The zero-order valence-electron chi connectivity index (χ0n) is 13.2. The molecule has 2 fully saturated rings. The first-order valence-corrected chi connectivity index (χ1v) is 8.35. The summed E-state index contributed by atoms with van der Waals surface area (Å²) in [6, 6.07) is 0. The van der Waals surface area contributed by atoms with Crippen molar-refractivity contribution >= 4 is 0 Å². The SMILES string of the molecule is CN(CC1CCCCC1)CC1CCCC(C)(C)C1O. The van der Waals surface area contributed by atoms with Crippen molar-refractivity contribution in [1.29, 1.82) is 0 Å². The second kappa shape index (κ2) is 6.58. The summed E-state index contributed by atoms with van der Waals surface area (Å²) in [5, 5.41) is 10.5. The molecule has 2 aliphatic carbocycles. The highest BCUT2D eigenvalue weighted by molar-refractivity contribution is 4.89. The first kappa shape index (κ1) is 15.3. The van der Waals surface area contributed by atoms with Crippen LogP contribution in [-0.2, 0) is 0 Å². The van der Waals surface area contributed by atoms with E-state index in [9.17, 15) is 5.11 Å². The van der Waals surface area contributed by atoms with Crippen molar-refractivity contribution in [3.05, 3.63) is 0 Å². The number of hydrogen-bond acceptors (Lipinski definition) is 2. The van der Waals surface area contributed by atoms with Crippen LogP contribution in [-0.4, -0.2) is 36.2 Å². The minimum Gasteiger partial charge on any atom is -0.392 e. The van der Waals surface area contributed by atoms with Crippen molar-refractivity contribution in [2.45, 2.75) is 71.3 Å². The van der Waals surface area contributed by atoms with Gasteiger partial charge >= 0.3 is 0 Å². The van der Waals surface area contributed by atoms with Gasteiger partial charge in [0, 0.05) is 13.1 Å². The molecule has 0 aliphatic heterocycles. The molecule has 2 aliphatic rings. The molecule has 0 saturated heterocycles. The molecule has 2 rings (SSSR count). The molecule has 0 radical (unpaired) electrons. The Balaban J connectivity index is 1.79. The highest BCUT2D eigenvalue weighted by Crippen LogP contribution is 2.39. The van der Waals surface area contributed by atoms with Crippen molar-refractivity contribution < 1.29 is 5.11 Å². The molecule has 2 unspecified atom stereocenters. The van der Waals surface area contributed by atoms with Crippen molar-refractivity contribution in [1.82, 2.24) is 4.90 Å². The van der Waals surface area contributed by atoms with E-state index in [1.54, 1.807) is 0 Å². The van der Waals surface area contributed by atoms with Crippen LogP contribution >= 0.6 is 0 Å². The summed E-state index contributed by atoms with van der Waals surface area (Å²) in [4.78, 5) is 2.49. The molecule has 0 amide bonds. The van der Waals surface area contributed by atoms with E-state index >= 15 is 0 Å². The Bertz CT molecular complexity index is 270. The van der Waals surface area contributed by atoms with Gasteiger partial charge in [-0.25, -0.2) is 0 Å². The normalized spacial score (nSPS) is 32.7. The average molecular weight is 267 g/mol. The van der Waals surface area contributed by atoms with Gasteiger partial charge in [-0.05, 0) is 50.0 Å². The smallest absolute Gasteiger partial charge is 0.0631 e. The van der Waals surface area contributed by atoms with Gasteiger partial charge in [-0.15, -0.1) is 0 Å². The van der Waals surface area contributed by atoms with Crippen LogP contribution < -0.4 is 0 Å². The monoisotopic (exact) mass is 267 g/mol. The van der Waals surface area contributed by atoms with Crippen LogP contribution in [0.2, 0.25) is 0 Å². The Morgan fingerprint density at radius 2 is 1.68 bits per heavy atom. The summed E-state index contributed by atoms with van der Waals surface area (Å²) in [7, 11) is 2.25. The van der Waals surface area contributed by atoms with Gasteiger partial charge in [0.15, 0.2) is 0 Å². The second-order valence-electron chi connectivity index (χ2n) is 7.81. The molecule has 0 spiro atoms. The van der Waals surface area contributed by atoms with E-state index in [1.807, 2.05) is 0 Å². The minimum atomic E-state index is -0.116. The van der Waals surface area contributed by atoms with Crippen molar-refractivity contribution in [2.75, 3.05) is 20.1 Å². The van der Waals surface area contributed by atoms with Gasteiger partial charge < -0.3 is 10.0 Å². The summed E-state index contributed by atoms with van der Waals surface area (Å²) in [6.45, 7) is 6.78. The molecule has 1 N–H and O–H groups in total. The lowest BCUT2D eigenvalue weighted by Gasteiger charge is -2.42. The largest absolute Gasteiger partial charge is 0.392 e. The van der Waals surface area contributed by atoms with Crippen molar-refractivity contribution in [3.63, 3.8) is 0 Å². The predicted octanol–water partition coefficient (Wildman–Crippen LogP) is 3.69. The maximum atomic E-state index is 10.5. The number of aliphatic hydroxyl groups excluding tert-OH is 1. The van der Waals surface area contributed by atoms with Crippen LogP contribution in [0.25, 0.3) is 0 Å². The van der Waals surface area contributed by atoms with Gasteiger partial charge in [0.1, 0.15) is 0 Å². The molecule has 0 aromatic rings. The van der Waals surface area contributed by atoms with Gasteiger partial charge in [0.25, 0.3) is 0 Å². The third-order valence-corrected chi connectivity index (χ3v) is 5.48. The molecule has 2 saturated carbocycles. The summed E-state index contributed by atoms with van der Waals surface area (Å²) in [6.07, 6.45) is 10.7. The lowest BCUT2D eigenvalue weighted by Crippen LogP contribution is -2.45. The third kappa shape index (κ3) is 4.19. The lowest BCUT2D eigenvalue weighted by molar-refractivity contribution is -0.0421. The van der Waals surface area contributed by atoms with Gasteiger partial charge in [-0.1, -0.05) is 39.5 Å². The van der Waals surface area contributed by atoms with E-state index in [2.05, 4.69) is 25.8 Å². The van der Waals surface area contributed by atoms with Gasteiger partial charge in [-0.2, -0.15) is 0 Å². The van der Waals surface area contributed by atoms with Gasteiger partial charge in [0.05, 0.1) is 6.10 Å². The molecule has 0 bridgehead atoms. The van der Waals surface area contributed by atoms with E-state index in [0.717, 1.165) is 12.5 Å². The number of nitrogens with zero attached hydrogens (tertiary/aromatic N) is 1.